The molecule has 19 heteroatoms. The van der Waals surface area contributed by atoms with Gasteiger partial charge in [0.2, 0.25) is 0 Å². The lowest BCUT2D eigenvalue weighted by atomic mass is 10.2. The molecule has 2 N–H and O–H groups in total. The zero-order valence-electron chi connectivity index (χ0n) is 33.9. The number of aromatic nitrogens is 8. The van der Waals surface area contributed by atoms with Crippen molar-refractivity contribution in [2.24, 2.45) is 14.1 Å². The van der Waals surface area contributed by atoms with E-state index in [0.717, 1.165) is 33.6 Å². The van der Waals surface area contributed by atoms with Crippen molar-refractivity contribution in [2.45, 2.75) is 96.9 Å². The first-order chi connectivity index (χ1) is 28.0. The van der Waals surface area contributed by atoms with Gasteiger partial charge in [-0.25, -0.2) is 19.6 Å². The van der Waals surface area contributed by atoms with Gasteiger partial charge in [-0.2, -0.15) is 12.6 Å². The van der Waals surface area contributed by atoms with Gasteiger partial charge in [-0.1, -0.05) is 73.1 Å². The van der Waals surface area contributed by atoms with E-state index in [9.17, 15) is 29.4 Å². The lowest BCUT2D eigenvalue weighted by Gasteiger charge is -2.12. The van der Waals surface area contributed by atoms with Crippen LogP contribution in [0.15, 0.2) is 77.6 Å². The number of imidazole rings is 2. The molecule has 0 saturated heterocycles. The molecule has 0 saturated carbocycles. The van der Waals surface area contributed by atoms with Crippen molar-refractivity contribution in [1.29, 1.82) is 0 Å². The molecule has 0 aliphatic rings. The van der Waals surface area contributed by atoms with Gasteiger partial charge in [0.05, 0.1) is 25.3 Å². The van der Waals surface area contributed by atoms with E-state index in [-0.39, 0.29) is 18.6 Å². The summed E-state index contributed by atoms with van der Waals surface area (Å²) in [5.41, 5.74) is 1.66. The third kappa shape index (κ3) is 12.0. The molecular formula is C40H51BrCl2N8O6S2. The number of fused-ring (bicyclic) bond motifs is 2. The second-order valence-corrected chi connectivity index (χ2v) is 17.1. The number of thioether (sulfide) groups is 1. The largest absolute Gasteiger partial charge is 0.393 e. The van der Waals surface area contributed by atoms with Gasteiger partial charge in [-0.15, -0.1) is 0 Å². The fourth-order valence-electron chi connectivity index (χ4n) is 5.86. The van der Waals surface area contributed by atoms with Crippen molar-refractivity contribution in [3.8, 4) is 0 Å². The van der Waals surface area contributed by atoms with Crippen LogP contribution in [0.4, 0.5) is 0 Å². The van der Waals surface area contributed by atoms with Crippen molar-refractivity contribution in [1.82, 2.24) is 37.4 Å². The van der Waals surface area contributed by atoms with Gasteiger partial charge in [0.15, 0.2) is 32.2 Å². The Hall–Kier alpha value is -3.58. The van der Waals surface area contributed by atoms with Crippen LogP contribution in [0.3, 0.4) is 0 Å². The first-order valence-corrected chi connectivity index (χ1v) is 22.3. The van der Waals surface area contributed by atoms with Crippen LogP contribution in [0.5, 0.6) is 0 Å². The lowest BCUT2D eigenvalue weighted by molar-refractivity contribution is 0.176. The number of aliphatic hydroxyl groups excluding tert-OH is 2. The van der Waals surface area contributed by atoms with E-state index in [1.807, 2.05) is 41.0 Å². The fourth-order valence-corrected chi connectivity index (χ4v) is 7.43. The molecule has 320 valence electrons. The van der Waals surface area contributed by atoms with Gasteiger partial charge in [0.25, 0.3) is 11.1 Å². The summed E-state index contributed by atoms with van der Waals surface area (Å²) in [6, 6.07) is 14.7. The van der Waals surface area contributed by atoms with Crippen molar-refractivity contribution in [2.75, 3.05) is 11.5 Å². The van der Waals surface area contributed by atoms with Gasteiger partial charge in [-0.3, -0.25) is 27.9 Å². The van der Waals surface area contributed by atoms with Crippen LogP contribution in [-0.2, 0) is 40.3 Å². The van der Waals surface area contributed by atoms with Crippen LogP contribution < -0.4 is 22.5 Å². The average molecular weight is 955 g/mol. The summed E-state index contributed by atoms with van der Waals surface area (Å²) in [5.74, 6) is 1.87. The SMILES string of the molecule is CC(O)CCn1c(=O)c2c(nc(Br)n2Cc2ccc(Cl)cc2)n(C)c1=O.CCCS.CCCSc1nc2c(c(=O)n(CCC(C)O)c(=O)n2C)n1Cc1ccc(Cl)cc1. The maximum absolute atomic E-state index is 13.2. The molecule has 6 rings (SSSR count). The number of aliphatic hydroxyl groups is 2. The molecule has 0 radical (unpaired) electrons. The van der Waals surface area contributed by atoms with E-state index < -0.39 is 29.1 Å². The van der Waals surface area contributed by atoms with E-state index in [2.05, 4.69) is 52.4 Å². The third-order valence-electron chi connectivity index (χ3n) is 9.09. The number of hydrogen-bond acceptors (Lipinski definition) is 10. The van der Waals surface area contributed by atoms with E-state index >= 15 is 0 Å². The third-order valence-corrected chi connectivity index (χ3v) is 11.8. The van der Waals surface area contributed by atoms with Crippen LogP contribution in [-0.4, -0.2) is 71.3 Å². The van der Waals surface area contributed by atoms with E-state index in [1.165, 1.54) is 20.1 Å². The molecule has 59 heavy (non-hydrogen) atoms. The van der Waals surface area contributed by atoms with E-state index in [1.54, 1.807) is 56.4 Å². The molecule has 2 atom stereocenters. The summed E-state index contributed by atoms with van der Waals surface area (Å²) in [7, 11) is 3.20. The molecule has 0 amide bonds. The average Bonchev–Trinajstić information content (AvgIpc) is 3.74. The Balaban J connectivity index is 0.000000240. The lowest BCUT2D eigenvalue weighted by Crippen LogP contribution is -2.40. The smallest absolute Gasteiger partial charge is 0.332 e. The van der Waals surface area contributed by atoms with Crippen LogP contribution in [0.25, 0.3) is 22.3 Å². The molecule has 0 aliphatic carbocycles. The Kier molecular flexibility index (Phi) is 18.2. The molecule has 4 heterocycles. The fraction of sp³-hybridized carbons (Fsp3) is 0.450. The van der Waals surface area contributed by atoms with Gasteiger partial charge in [0, 0.05) is 43.0 Å². The highest BCUT2D eigenvalue weighted by atomic mass is 79.9. The second-order valence-electron chi connectivity index (χ2n) is 14.0. The van der Waals surface area contributed by atoms with Gasteiger partial charge in [0.1, 0.15) is 0 Å². The predicted molar refractivity (Wildman–Crippen MR) is 245 cm³/mol. The Labute approximate surface area is 370 Å². The maximum atomic E-state index is 13.2. The summed E-state index contributed by atoms with van der Waals surface area (Å²) in [4.78, 5) is 60.4. The Morgan fingerprint density at radius 2 is 1.10 bits per heavy atom. The number of nitrogens with zero attached hydrogens (tertiary/aromatic N) is 8. The predicted octanol–water partition coefficient (Wildman–Crippen LogP) is 6.33. The van der Waals surface area contributed by atoms with Crippen molar-refractivity contribution >= 4 is 85.9 Å². The molecule has 6 aromatic rings. The van der Waals surface area contributed by atoms with Gasteiger partial charge < -0.3 is 19.3 Å². The summed E-state index contributed by atoms with van der Waals surface area (Å²) in [5, 5.41) is 21.1. The Morgan fingerprint density at radius 3 is 1.51 bits per heavy atom. The van der Waals surface area contributed by atoms with Crippen molar-refractivity contribution in [3.05, 3.63) is 116 Å². The number of hydrogen-bond donors (Lipinski definition) is 3. The number of benzene rings is 2. The minimum absolute atomic E-state index is 0.142. The molecule has 0 bridgehead atoms. The molecule has 14 nitrogen and oxygen atoms in total. The molecule has 0 fully saturated rings. The molecular weight excluding hydrogens is 903 g/mol. The monoisotopic (exact) mass is 952 g/mol. The van der Waals surface area contributed by atoms with Crippen LogP contribution in [0.1, 0.15) is 64.5 Å². The minimum Gasteiger partial charge on any atom is -0.393 e. The topological polar surface area (TPSA) is 164 Å². The summed E-state index contributed by atoms with van der Waals surface area (Å²) < 4.78 is 9.14. The highest BCUT2D eigenvalue weighted by molar-refractivity contribution is 9.10. The normalized spacial score (nSPS) is 12.3. The van der Waals surface area contributed by atoms with Crippen molar-refractivity contribution in [3.63, 3.8) is 0 Å². The van der Waals surface area contributed by atoms with Gasteiger partial charge in [-0.05, 0) is 96.6 Å². The number of aryl methyl sites for hydroxylation is 2. The first-order valence-electron chi connectivity index (χ1n) is 19.2. The molecule has 4 aromatic heterocycles. The molecule has 2 unspecified atom stereocenters. The standard InChI is InChI=1S/C20H25ClN4O3S.C17H18BrClN4O3.C3H8S/c1-4-11-29-19-22-17-16(25(19)12-14-5-7-15(21)8-6-14)18(27)24(10-9-13(2)26)20(28)23(17)3;1-10(24)7-8-22-15(25)13-14(21(2)17(22)26)20-16(18)23(13)9-11-3-5-12(19)6-4-11;1-2-3-4/h5-8,13,26H,4,9-12H2,1-3H3;3-6,10,24H,7-9H2,1-2H3;4H,2-3H2,1H3. The van der Waals surface area contributed by atoms with Crippen LogP contribution in [0.2, 0.25) is 10.0 Å². The van der Waals surface area contributed by atoms with Crippen LogP contribution >= 0.6 is 63.5 Å². The number of thiol groups is 1. The summed E-state index contributed by atoms with van der Waals surface area (Å²) in [6.45, 7) is 8.59. The first kappa shape index (κ1) is 48.1. The Morgan fingerprint density at radius 1 is 0.695 bits per heavy atom. The summed E-state index contributed by atoms with van der Waals surface area (Å²) in [6.07, 6.45) is 1.58. The summed E-state index contributed by atoms with van der Waals surface area (Å²) >= 11 is 20.8. The highest BCUT2D eigenvalue weighted by Gasteiger charge is 2.22. The molecule has 0 aliphatic heterocycles. The second kappa shape index (κ2) is 22.3. The van der Waals surface area contributed by atoms with E-state index in [0.29, 0.717) is 68.2 Å². The van der Waals surface area contributed by atoms with Gasteiger partial charge >= 0.3 is 11.4 Å². The number of halogens is 3. The highest BCUT2D eigenvalue weighted by Crippen LogP contribution is 2.24. The quantitative estimate of drug-likeness (QED) is 0.0644. The minimum atomic E-state index is -0.604. The molecule has 0 spiro atoms. The number of rotatable bonds is 14. The van der Waals surface area contributed by atoms with Crippen molar-refractivity contribution < 1.29 is 10.2 Å². The maximum Gasteiger partial charge on any atom is 0.332 e. The van der Waals surface area contributed by atoms with Crippen LogP contribution in [0, 0.1) is 0 Å². The Bertz CT molecular complexity index is 2580. The zero-order valence-corrected chi connectivity index (χ0v) is 38.7. The zero-order chi connectivity index (χ0) is 43.6. The molecule has 2 aromatic carbocycles. The van der Waals surface area contributed by atoms with E-state index in [4.69, 9.17) is 23.2 Å².